The maximum absolute atomic E-state index is 13.1. The minimum atomic E-state index is -1.54. The number of hydrogen-bond donors (Lipinski definition) is 0. The molecule has 0 bridgehead atoms. The maximum atomic E-state index is 13.1. The number of benzene rings is 4. The van der Waals surface area contributed by atoms with Crippen molar-refractivity contribution < 1.29 is 61.8 Å². The Bertz CT molecular complexity index is 2300. The average molecular weight is 925 g/mol. The summed E-state index contributed by atoms with van der Waals surface area (Å²) in [7, 11) is 0. The Morgan fingerprint density at radius 3 is 1.90 bits per heavy atom. The third kappa shape index (κ3) is 15.2. The zero-order chi connectivity index (χ0) is 47.4. The largest absolute Gasteiger partial charge is 0.463 e. The number of unbranched alkanes of at least 4 members (excludes halogenated alkanes) is 2. The number of esters is 3. The Hall–Kier alpha value is -6.11. The molecule has 2 heterocycles. The van der Waals surface area contributed by atoms with Crippen LogP contribution in [0.1, 0.15) is 56.7 Å². The number of hydrogen-bond acceptors (Lipinski definition) is 15. The van der Waals surface area contributed by atoms with Crippen molar-refractivity contribution in [3.63, 3.8) is 0 Å². The summed E-state index contributed by atoms with van der Waals surface area (Å²) in [6.07, 6.45) is -9.31. The van der Waals surface area contributed by atoms with Gasteiger partial charge in [-0.15, -0.1) is 0 Å². The highest BCUT2D eigenvalue weighted by molar-refractivity contribution is 5.83. The summed E-state index contributed by atoms with van der Waals surface area (Å²) in [5.74, 6) is -2.07. The molecule has 2 fully saturated rings. The number of fused-ring (bicyclic) bond motifs is 1. The molecule has 0 N–H and O–H groups in total. The van der Waals surface area contributed by atoms with Crippen molar-refractivity contribution in [2.45, 2.75) is 121 Å². The van der Waals surface area contributed by atoms with Gasteiger partial charge in [0.15, 0.2) is 24.8 Å². The third-order valence-electron chi connectivity index (χ3n) is 10.9. The van der Waals surface area contributed by atoms with Crippen LogP contribution in [-0.4, -0.2) is 106 Å². The molecule has 4 aromatic carbocycles. The van der Waals surface area contributed by atoms with E-state index in [-0.39, 0.29) is 33.0 Å². The fraction of sp³-hybridized carbons (Fsp3) is 0.479. The molecule has 19 heteroatoms. The summed E-state index contributed by atoms with van der Waals surface area (Å²) >= 11 is 0. The summed E-state index contributed by atoms with van der Waals surface area (Å²) in [5.41, 5.74) is 21.1. The number of carbonyl (C=O) groups excluding carboxylic acids is 3. The molecule has 67 heavy (non-hydrogen) atoms. The molecule has 356 valence electrons. The molecule has 0 amide bonds. The number of ether oxygens (including phenoxy) is 10. The predicted molar refractivity (Wildman–Crippen MR) is 240 cm³/mol. The lowest BCUT2D eigenvalue weighted by atomic mass is 9.95. The monoisotopic (exact) mass is 924 g/mol. The van der Waals surface area contributed by atoms with Gasteiger partial charge in [0.2, 0.25) is 0 Å². The highest BCUT2D eigenvalue weighted by Crippen LogP contribution is 2.36. The lowest BCUT2D eigenvalue weighted by Crippen LogP contribution is -2.66. The quantitative estimate of drug-likeness (QED) is 0.0162. The number of rotatable bonds is 24. The second kappa shape index (κ2) is 26.3. The second-order valence-corrected chi connectivity index (χ2v) is 15.9. The molecule has 10 atom stereocenters. The van der Waals surface area contributed by atoms with Gasteiger partial charge in [-0.1, -0.05) is 114 Å². The van der Waals surface area contributed by atoms with Crippen LogP contribution >= 0.6 is 0 Å². The molecular weight excluding hydrogens is 869 g/mol. The first-order chi connectivity index (χ1) is 32.6. The number of azide groups is 2. The van der Waals surface area contributed by atoms with Crippen LogP contribution in [0.4, 0.5) is 0 Å². The van der Waals surface area contributed by atoms with Crippen LogP contribution in [0.5, 0.6) is 0 Å². The lowest BCUT2D eigenvalue weighted by Gasteiger charge is -2.49. The molecular formula is C48H56N6O13. The van der Waals surface area contributed by atoms with Crippen LogP contribution in [0, 0.1) is 0 Å². The number of carbonyl (C=O) groups is 3. The summed E-state index contributed by atoms with van der Waals surface area (Å²) < 4.78 is 63.1. The van der Waals surface area contributed by atoms with Crippen molar-refractivity contribution in [2.24, 2.45) is 10.2 Å². The van der Waals surface area contributed by atoms with Gasteiger partial charge in [-0.05, 0) is 57.4 Å². The molecule has 0 spiro atoms. The first-order valence-corrected chi connectivity index (χ1v) is 22.1. The van der Waals surface area contributed by atoms with Crippen molar-refractivity contribution in [3.05, 3.63) is 141 Å². The van der Waals surface area contributed by atoms with Crippen molar-refractivity contribution in [1.82, 2.24) is 0 Å². The smallest absolute Gasteiger partial charge is 0.303 e. The maximum Gasteiger partial charge on any atom is 0.303 e. The fourth-order valence-corrected chi connectivity index (χ4v) is 7.88. The van der Waals surface area contributed by atoms with Gasteiger partial charge in [0.25, 0.3) is 0 Å². The highest BCUT2D eigenvalue weighted by Gasteiger charge is 2.55. The van der Waals surface area contributed by atoms with Crippen LogP contribution in [0.2, 0.25) is 0 Å². The Labute approximate surface area is 388 Å². The van der Waals surface area contributed by atoms with Crippen molar-refractivity contribution in [3.8, 4) is 0 Å². The molecule has 6 rings (SSSR count). The molecule has 19 nitrogen and oxygen atoms in total. The third-order valence-corrected chi connectivity index (χ3v) is 10.9. The molecule has 2 aliphatic heterocycles. The van der Waals surface area contributed by atoms with Crippen molar-refractivity contribution in [1.29, 1.82) is 0 Å². The first kappa shape index (κ1) is 50.3. The van der Waals surface area contributed by atoms with Crippen LogP contribution in [0.3, 0.4) is 0 Å². The zero-order valence-corrected chi connectivity index (χ0v) is 37.7. The summed E-state index contributed by atoms with van der Waals surface area (Å²) in [6.45, 7) is 3.84. The van der Waals surface area contributed by atoms with E-state index in [2.05, 4.69) is 20.1 Å². The summed E-state index contributed by atoms with van der Waals surface area (Å²) in [5, 5.41) is 9.70. The van der Waals surface area contributed by atoms with Crippen LogP contribution < -0.4 is 0 Å². The van der Waals surface area contributed by atoms with E-state index < -0.39 is 85.9 Å². The van der Waals surface area contributed by atoms with Crippen LogP contribution in [-0.2, 0) is 81.6 Å². The normalized spacial score (nSPS) is 24.7. The van der Waals surface area contributed by atoms with E-state index in [9.17, 15) is 19.9 Å². The van der Waals surface area contributed by atoms with Gasteiger partial charge in [0.1, 0.15) is 43.2 Å². The SMILES string of the molecule is CC(=O)OC[C@H]1O[C@@H](O[C@H]2[C@H](OCc3ccccc3)[C@@H](N=[N+]=[N-])[C@H](OCCCCCN=[N+]=[N-])O[C@@H]2COCc2ccccc2)[C@H](OC(C)=O)[C@@H](OCc2ccc3ccccc3c2)[C@H]1OC(C)=O. The molecule has 0 unspecified atom stereocenters. The van der Waals surface area contributed by atoms with Gasteiger partial charge in [0.05, 0.1) is 26.4 Å². The van der Waals surface area contributed by atoms with E-state index in [1.165, 1.54) is 20.8 Å². The Kier molecular flexibility index (Phi) is 19.7. The number of nitrogens with zero attached hydrogens (tertiary/aromatic N) is 6. The fourth-order valence-electron chi connectivity index (χ4n) is 7.88. The second-order valence-electron chi connectivity index (χ2n) is 15.9. The topological polar surface area (TPSA) is 241 Å². The van der Waals surface area contributed by atoms with E-state index in [0.717, 1.165) is 27.5 Å². The van der Waals surface area contributed by atoms with Crippen molar-refractivity contribution >= 4 is 28.7 Å². The van der Waals surface area contributed by atoms with Gasteiger partial charge in [-0.3, -0.25) is 14.4 Å². The van der Waals surface area contributed by atoms with Gasteiger partial charge in [0, 0.05) is 43.7 Å². The van der Waals surface area contributed by atoms with Gasteiger partial charge in [-0.25, -0.2) is 0 Å². The van der Waals surface area contributed by atoms with E-state index >= 15 is 0 Å². The lowest BCUT2D eigenvalue weighted by molar-refractivity contribution is -0.355. The van der Waals surface area contributed by atoms with E-state index in [4.69, 9.17) is 52.9 Å². The average Bonchev–Trinajstić information content (AvgIpc) is 3.32. The Morgan fingerprint density at radius 2 is 1.21 bits per heavy atom. The minimum Gasteiger partial charge on any atom is -0.463 e. The molecule has 0 aromatic heterocycles. The van der Waals surface area contributed by atoms with Gasteiger partial charge < -0.3 is 47.4 Å². The predicted octanol–water partition coefficient (Wildman–Crippen LogP) is 7.96. The molecule has 2 saturated heterocycles. The Balaban J connectivity index is 1.38. The molecule has 4 aromatic rings. The standard InChI is InChI=1S/C48H56N6O13/c1-31(55)60-30-40-43(63-32(2)56)45(62-28-36-21-22-37-19-11-12-20-38(37)25-36)46(64-33(3)57)48(66-40)67-42-39(29-58-26-34-15-7-4-8-16-34)65-47(59-24-14-6-13-23-51-53-49)41(52-54-50)44(42)61-27-35-17-9-5-10-18-35/h4-5,7-12,15-22,25,39-48H,6,13-14,23-24,26-30H2,1-3H3/t39-,40-,41-,42-,43+,44-,45+,46-,47-,48+/m1/s1. The van der Waals surface area contributed by atoms with E-state index in [1.807, 2.05) is 103 Å². The van der Waals surface area contributed by atoms with Gasteiger partial charge in [-0.2, -0.15) is 0 Å². The highest BCUT2D eigenvalue weighted by atomic mass is 16.8. The van der Waals surface area contributed by atoms with E-state index in [1.54, 1.807) is 0 Å². The molecule has 0 aliphatic carbocycles. The zero-order valence-electron chi connectivity index (χ0n) is 37.7. The van der Waals surface area contributed by atoms with Crippen LogP contribution in [0.25, 0.3) is 31.7 Å². The summed E-state index contributed by atoms with van der Waals surface area (Å²) in [6, 6.07) is 31.2. The molecule has 2 aliphatic rings. The summed E-state index contributed by atoms with van der Waals surface area (Å²) in [4.78, 5) is 44.0. The first-order valence-electron chi connectivity index (χ1n) is 22.1. The Morgan fingerprint density at radius 1 is 0.582 bits per heavy atom. The van der Waals surface area contributed by atoms with Crippen LogP contribution in [0.15, 0.2) is 113 Å². The molecule has 0 saturated carbocycles. The minimum absolute atomic E-state index is 0.0343. The van der Waals surface area contributed by atoms with Gasteiger partial charge >= 0.3 is 17.9 Å². The van der Waals surface area contributed by atoms with E-state index in [0.29, 0.717) is 25.8 Å². The molecule has 0 radical (unpaired) electrons. The van der Waals surface area contributed by atoms with Crippen molar-refractivity contribution in [2.75, 3.05) is 26.4 Å².